The number of ether oxygens (including phenoxy) is 1. The zero-order valence-corrected chi connectivity index (χ0v) is 16.3. The zero-order chi connectivity index (χ0) is 20.8. The first kappa shape index (κ1) is 20.2. The van der Waals surface area contributed by atoms with E-state index < -0.39 is 34.1 Å². The molecule has 4 atom stereocenters. The van der Waals surface area contributed by atoms with Crippen molar-refractivity contribution < 1.29 is 30.5 Å². The maximum Gasteiger partial charge on any atom is 0.416 e. The Bertz CT molecular complexity index is 995. The SMILES string of the molecule is CS(=O)(=O)OC1COC2c3cc(C(F)(F)F)ccc3NC(c3ccccc3)C2C1. The van der Waals surface area contributed by atoms with E-state index in [4.69, 9.17) is 8.92 Å². The summed E-state index contributed by atoms with van der Waals surface area (Å²) in [5, 5.41) is 3.32. The normalized spacial score (nSPS) is 26.9. The fraction of sp³-hybridized carbons (Fsp3) is 0.400. The van der Waals surface area contributed by atoms with E-state index in [0.29, 0.717) is 17.7 Å². The second-order valence-corrected chi connectivity index (χ2v) is 9.01. The van der Waals surface area contributed by atoms with Crippen molar-refractivity contribution in [3.05, 3.63) is 65.2 Å². The molecule has 1 fully saturated rings. The largest absolute Gasteiger partial charge is 0.416 e. The third-order valence-corrected chi connectivity index (χ3v) is 5.90. The fourth-order valence-electron chi connectivity index (χ4n) is 4.15. The molecule has 0 radical (unpaired) electrons. The summed E-state index contributed by atoms with van der Waals surface area (Å²) in [6.07, 6.45) is -4.44. The van der Waals surface area contributed by atoms with E-state index in [1.54, 1.807) is 0 Å². The maximum atomic E-state index is 13.2. The molecule has 2 heterocycles. The van der Waals surface area contributed by atoms with Crippen molar-refractivity contribution in [3.8, 4) is 0 Å². The van der Waals surface area contributed by atoms with Crippen LogP contribution in [0.5, 0.6) is 0 Å². The number of benzene rings is 2. The number of halogens is 3. The first-order chi connectivity index (χ1) is 13.6. The predicted octanol–water partition coefficient (Wildman–Crippen LogP) is 4.29. The molecule has 0 saturated carbocycles. The Morgan fingerprint density at radius 2 is 1.86 bits per heavy atom. The van der Waals surface area contributed by atoms with Crippen molar-refractivity contribution in [2.24, 2.45) is 5.92 Å². The monoisotopic (exact) mass is 427 g/mol. The van der Waals surface area contributed by atoms with Crippen LogP contribution in [0.15, 0.2) is 48.5 Å². The van der Waals surface area contributed by atoms with Crippen LogP contribution in [0.25, 0.3) is 0 Å². The number of nitrogens with one attached hydrogen (secondary N) is 1. The third kappa shape index (κ3) is 4.26. The fourth-order valence-corrected chi connectivity index (χ4v) is 4.78. The van der Waals surface area contributed by atoms with Crippen LogP contribution < -0.4 is 5.32 Å². The topological polar surface area (TPSA) is 64.6 Å². The molecule has 0 spiro atoms. The Morgan fingerprint density at radius 3 is 2.52 bits per heavy atom. The van der Waals surface area contributed by atoms with Crippen LogP contribution in [0, 0.1) is 5.92 Å². The number of anilines is 1. The van der Waals surface area contributed by atoms with Crippen LogP contribution >= 0.6 is 0 Å². The highest BCUT2D eigenvalue weighted by Crippen LogP contribution is 2.50. The number of fused-ring (bicyclic) bond motifs is 3. The number of hydrogen-bond donors (Lipinski definition) is 1. The highest BCUT2D eigenvalue weighted by Gasteiger charge is 2.44. The Morgan fingerprint density at radius 1 is 1.14 bits per heavy atom. The lowest BCUT2D eigenvalue weighted by Gasteiger charge is -2.45. The van der Waals surface area contributed by atoms with Gasteiger partial charge in [0.15, 0.2) is 0 Å². The van der Waals surface area contributed by atoms with Gasteiger partial charge in [-0.2, -0.15) is 21.6 Å². The van der Waals surface area contributed by atoms with Gasteiger partial charge in [-0.05, 0) is 30.2 Å². The van der Waals surface area contributed by atoms with Crippen LogP contribution in [-0.4, -0.2) is 27.4 Å². The average molecular weight is 427 g/mol. The molecular weight excluding hydrogens is 407 g/mol. The minimum absolute atomic E-state index is 0.00850. The van der Waals surface area contributed by atoms with Crippen molar-refractivity contribution in [2.45, 2.75) is 30.8 Å². The Kier molecular flexibility index (Phi) is 5.08. The van der Waals surface area contributed by atoms with Gasteiger partial charge in [0, 0.05) is 17.2 Å². The second-order valence-electron chi connectivity index (χ2n) is 7.41. The van der Waals surface area contributed by atoms with Crippen LogP contribution in [0.2, 0.25) is 0 Å². The second kappa shape index (κ2) is 7.30. The van der Waals surface area contributed by atoms with E-state index >= 15 is 0 Å². The van der Waals surface area contributed by atoms with Crippen molar-refractivity contribution in [1.29, 1.82) is 0 Å². The summed E-state index contributed by atoms with van der Waals surface area (Å²) in [4.78, 5) is 0. The molecule has 0 aromatic heterocycles. The molecule has 9 heteroatoms. The zero-order valence-electron chi connectivity index (χ0n) is 15.5. The van der Waals surface area contributed by atoms with Gasteiger partial charge in [-0.25, -0.2) is 0 Å². The molecule has 2 aliphatic rings. The van der Waals surface area contributed by atoms with Gasteiger partial charge >= 0.3 is 6.18 Å². The summed E-state index contributed by atoms with van der Waals surface area (Å²) in [7, 11) is -3.68. The summed E-state index contributed by atoms with van der Waals surface area (Å²) in [5.74, 6) is -0.297. The molecule has 4 unspecified atom stereocenters. The van der Waals surface area contributed by atoms with Crippen molar-refractivity contribution in [1.82, 2.24) is 0 Å². The van der Waals surface area contributed by atoms with Crippen LogP contribution in [0.4, 0.5) is 18.9 Å². The highest BCUT2D eigenvalue weighted by molar-refractivity contribution is 7.86. The van der Waals surface area contributed by atoms with E-state index in [1.165, 1.54) is 6.07 Å². The lowest BCUT2D eigenvalue weighted by molar-refractivity contribution is -0.138. The van der Waals surface area contributed by atoms with Crippen molar-refractivity contribution >= 4 is 15.8 Å². The lowest BCUT2D eigenvalue weighted by Crippen LogP contribution is -2.42. The van der Waals surface area contributed by atoms with Gasteiger partial charge in [-0.3, -0.25) is 4.18 Å². The number of rotatable bonds is 3. The minimum atomic E-state index is -4.46. The average Bonchev–Trinajstić information content (AvgIpc) is 2.65. The van der Waals surface area contributed by atoms with Gasteiger partial charge in [-0.15, -0.1) is 0 Å². The summed E-state index contributed by atoms with van der Waals surface area (Å²) in [5.41, 5.74) is 1.20. The van der Waals surface area contributed by atoms with E-state index in [2.05, 4.69) is 5.32 Å². The summed E-state index contributed by atoms with van der Waals surface area (Å²) in [6, 6.07) is 12.8. The molecule has 29 heavy (non-hydrogen) atoms. The quantitative estimate of drug-likeness (QED) is 0.741. The van der Waals surface area contributed by atoms with Crippen LogP contribution in [0.3, 0.4) is 0 Å². The molecule has 1 saturated heterocycles. The first-order valence-corrected chi connectivity index (χ1v) is 11.0. The van der Waals surface area contributed by atoms with Gasteiger partial charge in [0.25, 0.3) is 10.1 Å². The van der Waals surface area contributed by atoms with E-state index in [9.17, 15) is 21.6 Å². The van der Waals surface area contributed by atoms with E-state index in [-0.39, 0.29) is 18.6 Å². The molecule has 2 aromatic rings. The molecule has 0 amide bonds. The Balaban J connectivity index is 1.73. The van der Waals surface area contributed by atoms with Gasteiger partial charge in [0.05, 0.1) is 30.6 Å². The van der Waals surface area contributed by atoms with Gasteiger partial charge in [0.1, 0.15) is 6.10 Å². The van der Waals surface area contributed by atoms with Crippen molar-refractivity contribution in [2.75, 3.05) is 18.2 Å². The van der Waals surface area contributed by atoms with E-state index in [0.717, 1.165) is 24.0 Å². The molecule has 0 aliphatic carbocycles. The van der Waals surface area contributed by atoms with Gasteiger partial charge in [0.2, 0.25) is 0 Å². The molecular formula is C20H20F3NO4S. The molecule has 4 rings (SSSR count). The first-order valence-electron chi connectivity index (χ1n) is 9.14. The molecule has 5 nitrogen and oxygen atoms in total. The number of alkyl halides is 3. The predicted molar refractivity (Wildman–Crippen MR) is 101 cm³/mol. The lowest BCUT2D eigenvalue weighted by atomic mass is 9.76. The Hall–Kier alpha value is -2.10. The van der Waals surface area contributed by atoms with Crippen LogP contribution in [-0.2, 0) is 25.2 Å². The maximum absolute atomic E-state index is 13.2. The highest BCUT2D eigenvalue weighted by atomic mass is 32.2. The molecule has 0 bridgehead atoms. The Labute approximate surface area is 167 Å². The van der Waals surface area contributed by atoms with Gasteiger partial charge < -0.3 is 10.1 Å². The molecule has 2 aromatic carbocycles. The standard InChI is InChI=1S/C20H20F3NO4S/c1-29(25,26)28-14-10-16-18(12-5-3-2-4-6-12)24-17-8-7-13(20(21,22)23)9-15(17)19(16)27-11-14/h2-9,14,16,18-19,24H,10-11H2,1H3. The van der Waals surface area contributed by atoms with Crippen molar-refractivity contribution in [3.63, 3.8) is 0 Å². The van der Waals surface area contributed by atoms with Crippen LogP contribution in [0.1, 0.15) is 35.3 Å². The molecule has 156 valence electrons. The smallest absolute Gasteiger partial charge is 0.378 e. The molecule has 1 N–H and O–H groups in total. The molecule has 2 aliphatic heterocycles. The summed E-state index contributed by atoms with van der Waals surface area (Å²) in [6.45, 7) is -0.00850. The van der Waals surface area contributed by atoms with Gasteiger partial charge in [-0.1, -0.05) is 30.3 Å². The van der Waals surface area contributed by atoms with E-state index in [1.807, 2.05) is 30.3 Å². The minimum Gasteiger partial charge on any atom is -0.378 e. The third-order valence-electron chi connectivity index (χ3n) is 5.28. The number of hydrogen-bond acceptors (Lipinski definition) is 5. The summed E-state index contributed by atoms with van der Waals surface area (Å²) < 4.78 is 73.8. The summed E-state index contributed by atoms with van der Waals surface area (Å²) >= 11 is 0.